The lowest BCUT2D eigenvalue weighted by Crippen LogP contribution is -2.43. The van der Waals surface area contributed by atoms with Gasteiger partial charge in [0.2, 0.25) is 5.91 Å². The maximum atomic E-state index is 13.1. The number of ether oxygens (including phenoxy) is 1. The van der Waals surface area contributed by atoms with Gasteiger partial charge in [-0.2, -0.15) is 0 Å². The highest BCUT2D eigenvalue weighted by molar-refractivity contribution is 7.80. The Labute approximate surface area is 150 Å². The Morgan fingerprint density at radius 2 is 1.83 bits per heavy atom. The van der Waals surface area contributed by atoms with E-state index in [4.69, 9.17) is 4.74 Å². The molecule has 1 saturated carbocycles. The molecule has 1 aliphatic rings. The van der Waals surface area contributed by atoms with Crippen molar-refractivity contribution in [2.75, 3.05) is 12.0 Å². The van der Waals surface area contributed by atoms with Gasteiger partial charge >= 0.3 is 5.97 Å². The zero-order chi connectivity index (χ0) is 17.9. The Morgan fingerprint density at radius 1 is 1.21 bits per heavy atom. The lowest BCUT2D eigenvalue weighted by Gasteiger charge is -2.34. The predicted molar refractivity (Wildman–Crippen MR) is 98.8 cm³/mol. The molecule has 0 aromatic heterocycles. The summed E-state index contributed by atoms with van der Waals surface area (Å²) in [6.07, 6.45) is 4.01. The van der Waals surface area contributed by atoms with E-state index < -0.39 is 5.97 Å². The van der Waals surface area contributed by atoms with Gasteiger partial charge in [-0.1, -0.05) is 6.92 Å². The number of carbonyl (C=O) groups excluding carboxylic acids is 2. The molecule has 5 heteroatoms. The van der Waals surface area contributed by atoms with Crippen molar-refractivity contribution in [1.29, 1.82) is 0 Å². The first-order chi connectivity index (χ1) is 11.3. The highest BCUT2D eigenvalue weighted by atomic mass is 32.1. The lowest BCUT2D eigenvalue weighted by molar-refractivity contribution is -0.123. The van der Waals surface area contributed by atoms with Crippen molar-refractivity contribution >= 4 is 30.2 Å². The van der Waals surface area contributed by atoms with Crippen LogP contribution < -0.4 is 4.90 Å². The van der Waals surface area contributed by atoms with Gasteiger partial charge in [0.1, 0.15) is 0 Å². The molecule has 24 heavy (non-hydrogen) atoms. The van der Waals surface area contributed by atoms with E-state index in [9.17, 15) is 9.59 Å². The minimum absolute atomic E-state index is 0.0322. The van der Waals surface area contributed by atoms with Crippen LogP contribution in [0, 0.1) is 11.8 Å². The van der Waals surface area contributed by atoms with Gasteiger partial charge in [0.05, 0.1) is 18.4 Å². The van der Waals surface area contributed by atoms with Crippen LogP contribution in [0.5, 0.6) is 0 Å². The van der Waals surface area contributed by atoms with Gasteiger partial charge in [0, 0.05) is 16.9 Å². The van der Waals surface area contributed by atoms with Crippen molar-refractivity contribution < 1.29 is 14.3 Å². The van der Waals surface area contributed by atoms with Gasteiger partial charge < -0.3 is 9.64 Å². The number of nitrogens with zero attached hydrogens (tertiary/aromatic N) is 1. The molecule has 4 nitrogen and oxygen atoms in total. The summed E-state index contributed by atoms with van der Waals surface area (Å²) in [6, 6.07) is 5.22. The topological polar surface area (TPSA) is 46.6 Å². The average Bonchev–Trinajstić information content (AvgIpc) is 2.55. The van der Waals surface area contributed by atoms with E-state index in [1.165, 1.54) is 7.11 Å². The van der Waals surface area contributed by atoms with E-state index in [1.807, 2.05) is 13.8 Å². The van der Waals surface area contributed by atoms with Crippen molar-refractivity contribution in [3.8, 4) is 0 Å². The van der Waals surface area contributed by atoms with E-state index in [0.29, 0.717) is 22.1 Å². The first-order valence-corrected chi connectivity index (χ1v) is 9.04. The summed E-state index contributed by atoms with van der Waals surface area (Å²) in [5.41, 5.74) is 0.995. The lowest BCUT2D eigenvalue weighted by atomic mass is 9.82. The first kappa shape index (κ1) is 18.8. The summed E-state index contributed by atoms with van der Waals surface area (Å²) in [7, 11) is 1.35. The van der Waals surface area contributed by atoms with Crippen LogP contribution in [0.15, 0.2) is 23.1 Å². The fourth-order valence-corrected chi connectivity index (χ4v) is 3.57. The SMILES string of the molecule is COC(=O)c1cc(S)ccc1N(C(=O)[C@H]1CC[C@H](C)CC1)C(C)C. The normalized spacial score (nSPS) is 20.8. The third-order valence-corrected chi connectivity index (χ3v) is 5.04. The Morgan fingerprint density at radius 3 is 2.38 bits per heavy atom. The van der Waals surface area contributed by atoms with E-state index >= 15 is 0 Å². The van der Waals surface area contributed by atoms with E-state index in [2.05, 4.69) is 19.6 Å². The zero-order valence-corrected chi connectivity index (χ0v) is 15.8. The van der Waals surface area contributed by atoms with E-state index in [-0.39, 0.29) is 17.9 Å². The number of esters is 1. The second kappa shape index (κ2) is 8.06. The van der Waals surface area contributed by atoms with Crippen LogP contribution >= 0.6 is 12.6 Å². The maximum Gasteiger partial charge on any atom is 0.340 e. The standard InChI is InChI=1S/C19H27NO3S/c1-12(2)20(18(21)14-7-5-13(3)6-8-14)17-10-9-15(24)11-16(17)19(22)23-4/h9-14,24H,5-8H2,1-4H3/t13-,14-. The molecule has 2 rings (SSSR count). The Balaban J connectivity index is 2.37. The molecule has 0 heterocycles. The van der Waals surface area contributed by atoms with Gasteiger partial charge in [-0.05, 0) is 63.6 Å². The number of thiol groups is 1. The minimum Gasteiger partial charge on any atom is -0.465 e. The second-order valence-corrected chi connectivity index (χ2v) is 7.47. The number of carbonyl (C=O) groups is 2. The van der Waals surface area contributed by atoms with Crippen LogP contribution in [0.3, 0.4) is 0 Å². The highest BCUT2D eigenvalue weighted by Gasteiger charge is 2.32. The summed E-state index contributed by atoms with van der Waals surface area (Å²) < 4.78 is 4.89. The number of anilines is 1. The summed E-state index contributed by atoms with van der Waals surface area (Å²) in [4.78, 5) is 27.7. The number of benzene rings is 1. The Bertz CT molecular complexity index is 607. The van der Waals surface area contributed by atoms with Crippen LogP contribution in [0.4, 0.5) is 5.69 Å². The molecular formula is C19H27NO3S. The molecule has 0 spiro atoms. The summed E-state index contributed by atoms with van der Waals surface area (Å²) in [5.74, 6) is 0.381. The van der Waals surface area contributed by atoms with Crippen molar-refractivity contribution in [3.05, 3.63) is 23.8 Å². The largest absolute Gasteiger partial charge is 0.465 e. The van der Waals surface area contributed by atoms with Crippen LogP contribution in [-0.4, -0.2) is 25.0 Å². The maximum absolute atomic E-state index is 13.1. The molecule has 1 amide bonds. The fraction of sp³-hybridized carbons (Fsp3) is 0.579. The molecule has 0 N–H and O–H groups in total. The molecule has 0 unspecified atom stereocenters. The molecule has 0 bridgehead atoms. The van der Waals surface area contributed by atoms with Crippen LogP contribution in [-0.2, 0) is 9.53 Å². The van der Waals surface area contributed by atoms with E-state index in [0.717, 1.165) is 25.7 Å². The van der Waals surface area contributed by atoms with Crippen LogP contribution in [0.1, 0.15) is 56.8 Å². The third kappa shape index (κ3) is 4.12. The number of rotatable bonds is 4. The molecule has 132 valence electrons. The fourth-order valence-electron chi connectivity index (χ4n) is 3.36. The molecule has 1 aromatic rings. The molecule has 1 aromatic carbocycles. The van der Waals surface area contributed by atoms with Gasteiger partial charge in [-0.3, -0.25) is 4.79 Å². The van der Waals surface area contributed by atoms with E-state index in [1.54, 1.807) is 23.1 Å². The Kier molecular flexibility index (Phi) is 6.33. The molecule has 0 saturated heterocycles. The number of hydrogen-bond acceptors (Lipinski definition) is 4. The summed E-state index contributed by atoms with van der Waals surface area (Å²) >= 11 is 4.31. The molecular weight excluding hydrogens is 322 g/mol. The molecule has 0 atom stereocenters. The van der Waals surface area contributed by atoms with Crippen molar-refractivity contribution in [1.82, 2.24) is 0 Å². The van der Waals surface area contributed by atoms with Crippen molar-refractivity contribution in [2.24, 2.45) is 11.8 Å². The molecule has 0 aliphatic heterocycles. The minimum atomic E-state index is -0.448. The number of methoxy groups -OCH3 is 1. The predicted octanol–water partition coefficient (Wildman–Crippen LogP) is 4.33. The number of amides is 1. The van der Waals surface area contributed by atoms with Gasteiger partial charge in [0.25, 0.3) is 0 Å². The van der Waals surface area contributed by atoms with Crippen LogP contribution in [0.25, 0.3) is 0 Å². The van der Waals surface area contributed by atoms with Crippen molar-refractivity contribution in [3.63, 3.8) is 0 Å². The quantitative estimate of drug-likeness (QED) is 0.650. The second-order valence-electron chi connectivity index (χ2n) is 6.95. The molecule has 0 radical (unpaired) electrons. The van der Waals surface area contributed by atoms with Gasteiger partial charge in [-0.15, -0.1) is 12.6 Å². The number of hydrogen-bond donors (Lipinski definition) is 1. The molecule has 1 aliphatic carbocycles. The smallest absolute Gasteiger partial charge is 0.340 e. The molecule has 1 fully saturated rings. The third-order valence-electron chi connectivity index (χ3n) is 4.76. The van der Waals surface area contributed by atoms with Gasteiger partial charge in [-0.25, -0.2) is 4.79 Å². The highest BCUT2D eigenvalue weighted by Crippen LogP contribution is 2.33. The summed E-state index contributed by atoms with van der Waals surface area (Å²) in [5, 5.41) is 0. The zero-order valence-electron chi connectivity index (χ0n) is 14.9. The first-order valence-electron chi connectivity index (χ1n) is 8.59. The average molecular weight is 349 g/mol. The Hall–Kier alpha value is -1.49. The summed E-state index contributed by atoms with van der Waals surface area (Å²) in [6.45, 7) is 6.18. The van der Waals surface area contributed by atoms with Gasteiger partial charge in [0.15, 0.2) is 0 Å². The monoisotopic (exact) mass is 349 g/mol. The van der Waals surface area contributed by atoms with Crippen molar-refractivity contribution in [2.45, 2.75) is 57.4 Å². The van der Waals surface area contributed by atoms with Crippen LogP contribution in [0.2, 0.25) is 0 Å².